The maximum Gasteiger partial charge on any atom is 0.287 e. The van der Waals surface area contributed by atoms with Crippen LogP contribution in [0.2, 0.25) is 0 Å². The number of hydrogen-bond acceptors (Lipinski definition) is 4. The fraction of sp³-hybridized carbons (Fsp3) is 0.526. The lowest BCUT2D eigenvalue weighted by atomic mass is 9.80. The number of aromatic nitrogens is 2. The summed E-state index contributed by atoms with van der Waals surface area (Å²) in [5.41, 5.74) is 1.73. The second-order valence-electron chi connectivity index (χ2n) is 7.44. The third-order valence-electron chi connectivity index (χ3n) is 5.49. The molecule has 0 bridgehead atoms. The number of hydrogen-bond donors (Lipinski definition) is 1. The zero-order valence-corrected chi connectivity index (χ0v) is 16.4. The number of rotatable bonds is 4. The Morgan fingerprint density at radius 3 is 2.75 bits per heavy atom. The Morgan fingerprint density at radius 1 is 1.32 bits per heavy atom. The van der Waals surface area contributed by atoms with Crippen molar-refractivity contribution in [3.8, 4) is 0 Å². The first-order valence-electron chi connectivity index (χ1n) is 9.36. The van der Waals surface area contributed by atoms with E-state index in [0.29, 0.717) is 38.3 Å². The van der Waals surface area contributed by atoms with Gasteiger partial charge in [-0.1, -0.05) is 6.07 Å². The van der Waals surface area contributed by atoms with Crippen LogP contribution in [-0.2, 0) is 31.2 Å². The predicted molar refractivity (Wildman–Crippen MR) is 100 cm³/mol. The zero-order chi connectivity index (χ0) is 19.9. The largest absolute Gasteiger partial charge is 0.344 e. The van der Waals surface area contributed by atoms with E-state index < -0.39 is 11.8 Å². The third kappa shape index (κ3) is 3.67. The maximum atomic E-state index is 13.1. The first kappa shape index (κ1) is 19.0. The van der Waals surface area contributed by atoms with Gasteiger partial charge in [-0.15, -0.1) is 11.3 Å². The molecule has 0 aromatic carbocycles. The topological polar surface area (TPSA) is 67.2 Å². The van der Waals surface area contributed by atoms with E-state index in [9.17, 15) is 18.4 Å². The molecule has 1 fully saturated rings. The lowest BCUT2D eigenvalue weighted by Gasteiger charge is -2.37. The first-order valence-corrected chi connectivity index (χ1v) is 10.2. The fourth-order valence-corrected chi connectivity index (χ4v) is 4.52. The van der Waals surface area contributed by atoms with Crippen molar-refractivity contribution in [2.45, 2.75) is 38.2 Å². The molecule has 0 atom stereocenters. The van der Waals surface area contributed by atoms with Gasteiger partial charge in [0.15, 0.2) is 5.82 Å². The average molecular weight is 408 g/mol. The molecule has 3 heterocycles. The molecule has 2 amide bonds. The van der Waals surface area contributed by atoms with Crippen LogP contribution in [0.5, 0.6) is 0 Å². The van der Waals surface area contributed by atoms with Gasteiger partial charge >= 0.3 is 0 Å². The van der Waals surface area contributed by atoms with Crippen molar-refractivity contribution < 1.29 is 18.4 Å². The predicted octanol–water partition coefficient (Wildman–Crippen LogP) is 2.38. The normalized spacial score (nSPS) is 18.9. The van der Waals surface area contributed by atoms with Crippen LogP contribution in [-0.4, -0.2) is 45.3 Å². The summed E-state index contributed by atoms with van der Waals surface area (Å²) in [6.45, 7) is 1.37. The third-order valence-corrected chi connectivity index (χ3v) is 6.37. The summed E-state index contributed by atoms with van der Waals surface area (Å²) in [5, 5.41) is 4.84. The van der Waals surface area contributed by atoms with E-state index in [1.807, 2.05) is 17.5 Å². The van der Waals surface area contributed by atoms with E-state index in [0.717, 1.165) is 16.3 Å². The van der Waals surface area contributed by atoms with Crippen LogP contribution in [0.3, 0.4) is 0 Å². The number of halogens is 2. The Morgan fingerprint density at radius 2 is 2.07 bits per heavy atom. The van der Waals surface area contributed by atoms with E-state index in [2.05, 4.69) is 10.3 Å². The molecule has 2 aromatic rings. The number of carbonyl (C=O) groups is 2. The van der Waals surface area contributed by atoms with Gasteiger partial charge < -0.3 is 14.8 Å². The van der Waals surface area contributed by atoms with Crippen LogP contribution in [0.25, 0.3) is 0 Å². The van der Waals surface area contributed by atoms with Crippen molar-refractivity contribution in [1.82, 2.24) is 19.8 Å². The van der Waals surface area contributed by atoms with Crippen molar-refractivity contribution in [2.24, 2.45) is 13.0 Å². The molecule has 9 heteroatoms. The van der Waals surface area contributed by atoms with Crippen molar-refractivity contribution in [3.05, 3.63) is 39.6 Å². The van der Waals surface area contributed by atoms with E-state index in [1.54, 1.807) is 27.9 Å². The molecule has 2 aromatic heterocycles. The molecular formula is C19H22F2N4O2S. The molecule has 0 saturated heterocycles. The van der Waals surface area contributed by atoms with Crippen LogP contribution in [0.1, 0.15) is 39.7 Å². The smallest absolute Gasteiger partial charge is 0.287 e. The molecule has 1 aliphatic carbocycles. The van der Waals surface area contributed by atoms with Gasteiger partial charge in [-0.2, -0.15) is 0 Å². The molecule has 0 radical (unpaired) electrons. The number of amides is 2. The summed E-state index contributed by atoms with van der Waals surface area (Å²) in [5.74, 6) is -3.31. The Kier molecular flexibility index (Phi) is 4.95. The minimum absolute atomic E-state index is 0.187. The molecule has 0 spiro atoms. The molecule has 150 valence electrons. The van der Waals surface area contributed by atoms with Crippen molar-refractivity contribution in [1.29, 1.82) is 0 Å². The second kappa shape index (κ2) is 7.27. The summed E-state index contributed by atoms with van der Waals surface area (Å²) < 4.78 is 27.9. The van der Waals surface area contributed by atoms with E-state index >= 15 is 0 Å². The molecule has 1 saturated carbocycles. The van der Waals surface area contributed by atoms with Gasteiger partial charge in [-0.3, -0.25) is 9.59 Å². The SMILES string of the molecule is Cn1c(C(=O)NCc2cccs2)nc2c1CCN(C(=O)C1CC(F)(F)C1)CC2. The highest BCUT2D eigenvalue weighted by Crippen LogP contribution is 2.43. The second-order valence-corrected chi connectivity index (χ2v) is 8.47. The number of imidazole rings is 1. The Hall–Kier alpha value is -2.29. The minimum atomic E-state index is -2.69. The molecule has 6 nitrogen and oxygen atoms in total. The van der Waals surface area contributed by atoms with E-state index in [4.69, 9.17) is 0 Å². The van der Waals surface area contributed by atoms with Gasteiger partial charge in [-0.25, -0.2) is 13.8 Å². The highest BCUT2D eigenvalue weighted by molar-refractivity contribution is 7.09. The van der Waals surface area contributed by atoms with E-state index in [1.165, 1.54) is 0 Å². The molecule has 2 aliphatic rings. The number of carbonyl (C=O) groups excluding carboxylic acids is 2. The first-order chi connectivity index (χ1) is 13.3. The van der Waals surface area contributed by atoms with Gasteiger partial charge in [0.1, 0.15) is 0 Å². The highest BCUT2D eigenvalue weighted by Gasteiger charge is 2.49. The van der Waals surface area contributed by atoms with Crippen molar-refractivity contribution >= 4 is 23.2 Å². The number of nitrogens with one attached hydrogen (secondary N) is 1. The lowest BCUT2D eigenvalue weighted by molar-refractivity contribution is -0.159. The van der Waals surface area contributed by atoms with Crippen LogP contribution in [0, 0.1) is 5.92 Å². The maximum absolute atomic E-state index is 13.1. The molecule has 28 heavy (non-hydrogen) atoms. The average Bonchev–Trinajstić information content (AvgIpc) is 3.20. The van der Waals surface area contributed by atoms with Crippen LogP contribution < -0.4 is 5.32 Å². The summed E-state index contributed by atoms with van der Waals surface area (Å²) in [6, 6.07) is 3.90. The van der Waals surface area contributed by atoms with Gasteiger partial charge in [0.25, 0.3) is 5.91 Å². The number of fused-ring (bicyclic) bond motifs is 1. The Bertz CT molecular complexity index is 886. The summed E-state index contributed by atoms with van der Waals surface area (Å²) >= 11 is 1.58. The standard InChI is InChI=1S/C19H22F2N4O2S/c1-24-15-5-7-25(18(27)12-9-19(20,21)10-12)6-4-14(15)23-16(24)17(26)22-11-13-3-2-8-28-13/h2-3,8,12H,4-7,9-11H2,1H3,(H,22,26). The number of thiophene rings is 1. The highest BCUT2D eigenvalue weighted by atomic mass is 32.1. The Balaban J connectivity index is 1.39. The van der Waals surface area contributed by atoms with Crippen molar-refractivity contribution in [3.63, 3.8) is 0 Å². The fourth-order valence-electron chi connectivity index (χ4n) is 3.87. The number of nitrogens with zero attached hydrogens (tertiary/aromatic N) is 3. The van der Waals surface area contributed by atoms with Gasteiger partial charge in [0.2, 0.25) is 11.8 Å². The summed E-state index contributed by atoms with van der Waals surface area (Å²) in [7, 11) is 1.80. The Labute approximate surface area is 165 Å². The molecule has 4 rings (SSSR count). The minimum Gasteiger partial charge on any atom is -0.344 e. The zero-order valence-electron chi connectivity index (χ0n) is 15.6. The molecule has 1 aliphatic heterocycles. The lowest BCUT2D eigenvalue weighted by Crippen LogP contribution is -2.47. The summed E-state index contributed by atoms with van der Waals surface area (Å²) in [6.07, 6.45) is 0.395. The van der Waals surface area contributed by atoms with Crippen LogP contribution >= 0.6 is 11.3 Å². The van der Waals surface area contributed by atoms with Gasteiger partial charge in [0.05, 0.1) is 12.2 Å². The van der Waals surface area contributed by atoms with E-state index in [-0.39, 0.29) is 24.7 Å². The van der Waals surface area contributed by atoms with Gasteiger partial charge in [0, 0.05) is 62.3 Å². The molecule has 0 unspecified atom stereocenters. The van der Waals surface area contributed by atoms with Crippen molar-refractivity contribution in [2.75, 3.05) is 13.1 Å². The van der Waals surface area contributed by atoms with Gasteiger partial charge in [-0.05, 0) is 11.4 Å². The van der Waals surface area contributed by atoms with Crippen LogP contribution in [0.4, 0.5) is 8.78 Å². The monoisotopic (exact) mass is 408 g/mol. The molecular weight excluding hydrogens is 386 g/mol. The quantitative estimate of drug-likeness (QED) is 0.845. The van der Waals surface area contributed by atoms with Crippen LogP contribution in [0.15, 0.2) is 17.5 Å². The summed E-state index contributed by atoms with van der Waals surface area (Å²) in [4.78, 5) is 32.2. The molecule has 1 N–H and O–H groups in total. The number of alkyl halides is 2.